The molecule has 0 atom stereocenters. The summed E-state index contributed by atoms with van der Waals surface area (Å²) in [4.78, 5) is 0. The molecule has 4 aromatic carbocycles. The zero-order valence-electron chi connectivity index (χ0n) is 24.7. The molecule has 41 heavy (non-hydrogen) atoms. The number of aromatic nitrogens is 1. The smallest absolute Gasteiger partial charge is 0.200 e. The van der Waals surface area contributed by atoms with E-state index >= 15 is 0 Å². The summed E-state index contributed by atoms with van der Waals surface area (Å²) in [6, 6.07) is 29.1. The van der Waals surface area contributed by atoms with Gasteiger partial charge in [0.2, 0.25) is 5.69 Å². The Kier molecular flexibility index (Phi) is 5.69. The van der Waals surface area contributed by atoms with E-state index in [9.17, 15) is 5.26 Å². The van der Waals surface area contributed by atoms with E-state index in [4.69, 9.17) is 0 Å². The quantitative estimate of drug-likeness (QED) is 0.197. The van der Waals surface area contributed by atoms with Crippen LogP contribution in [0.4, 0.5) is 0 Å². The summed E-state index contributed by atoms with van der Waals surface area (Å²) in [5.74, 6) is 0. The monoisotopic (exact) mass is 551 g/mol. The first kappa shape index (κ1) is 25.9. The van der Waals surface area contributed by atoms with Crippen molar-refractivity contribution in [2.24, 2.45) is 7.05 Å². The number of rotatable bonds is 2. The molecule has 6 aromatic rings. The van der Waals surface area contributed by atoms with Crippen LogP contribution in [0.15, 0.2) is 79.0 Å². The highest BCUT2D eigenvalue weighted by Gasteiger charge is 2.37. The van der Waals surface area contributed by atoms with Gasteiger partial charge in [-0.2, -0.15) is 5.26 Å². The molecule has 202 valence electrons. The summed E-state index contributed by atoms with van der Waals surface area (Å²) in [5.41, 5.74) is 9.87. The standard InChI is InChI=1S/C38H35N2S/c1-23-11-14-28-29-15-12-26(22-39)33(25-13-16-30-31(21-25)38(4,5)19-18-37(30,2)3)36(29)41-35(28)32(23)34-27-10-8-7-9-24(27)17-20-40(34)6/h7-17,20-21H,18-19H2,1-6H3/q+1. The number of benzene rings is 4. The average Bonchev–Trinajstić information content (AvgIpc) is 3.34. The molecule has 7 rings (SSSR count). The minimum atomic E-state index is 0.106. The van der Waals surface area contributed by atoms with Gasteiger partial charge in [-0.1, -0.05) is 82.3 Å². The Morgan fingerprint density at radius 2 is 1.44 bits per heavy atom. The highest BCUT2D eigenvalue weighted by molar-refractivity contribution is 7.27. The molecule has 3 heteroatoms. The number of hydrogen-bond donors (Lipinski definition) is 0. The topological polar surface area (TPSA) is 27.7 Å². The second-order valence-electron chi connectivity index (χ2n) is 13.1. The third kappa shape index (κ3) is 3.85. The van der Waals surface area contributed by atoms with Gasteiger partial charge in [-0.25, -0.2) is 4.57 Å². The fraction of sp³-hybridized carbons (Fsp3) is 0.263. The maximum absolute atomic E-state index is 10.3. The van der Waals surface area contributed by atoms with Gasteiger partial charge in [-0.3, -0.25) is 0 Å². The Bertz CT molecular complexity index is 2080. The van der Waals surface area contributed by atoms with Crippen LogP contribution in [-0.2, 0) is 17.9 Å². The third-order valence-electron chi connectivity index (χ3n) is 9.56. The number of pyridine rings is 1. The predicted octanol–water partition coefficient (Wildman–Crippen LogP) is 9.90. The van der Waals surface area contributed by atoms with Crippen LogP contribution in [-0.4, -0.2) is 0 Å². The van der Waals surface area contributed by atoms with Crippen molar-refractivity contribution in [2.45, 2.75) is 58.3 Å². The van der Waals surface area contributed by atoms with E-state index in [-0.39, 0.29) is 10.8 Å². The van der Waals surface area contributed by atoms with Crippen LogP contribution in [0.25, 0.3) is 53.3 Å². The fourth-order valence-corrected chi connectivity index (χ4v) is 8.52. The van der Waals surface area contributed by atoms with Crippen LogP contribution < -0.4 is 4.57 Å². The minimum Gasteiger partial charge on any atom is -0.200 e. The summed E-state index contributed by atoms with van der Waals surface area (Å²) in [7, 11) is 2.14. The van der Waals surface area contributed by atoms with Crippen molar-refractivity contribution in [3.8, 4) is 28.5 Å². The number of nitrogens with zero attached hydrogens (tertiary/aromatic N) is 2. The first-order valence-electron chi connectivity index (χ1n) is 14.5. The normalized spacial score (nSPS) is 15.7. The van der Waals surface area contributed by atoms with E-state index in [0.717, 1.165) is 16.7 Å². The maximum Gasteiger partial charge on any atom is 0.221 e. The Morgan fingerprint density at radius 3 is 2.20 bits per heavy atom. The van der Waals surface area contributed by atoms with Crippen LogP contribution in [0.5, 0.6) is 0 Å². The molecule has 0 amide bonds. The van der Waals surface area contributed by atoms with Crippen molar-refractivity contribution in [2.75, 3.05) is 0 Å². The number of aryl methyl sites for hydroxylation is 2. The molecule has 2 heterocycles. The molecular formula is C38H35N2S+. The number of fused-ring (bicyclic) bond motifs is 5. The number of hydrogen-bond acceptors (Lipinski definition) is 2. The van der Waals surface area contributed by atoms with Gasteiger partial charge < -0.3 is 0 Å². The largest absolute Gasteiger partial charge is 0.221 e. The van der Waals surface area contributed by atoms with Crippen molar-refractivity contribution >= 4 is 42.3 Å². The fourth-order valence-electron chi connectivity index (χ4n) is 7.05. The summed E-state index contributed by atoms with van der Waals surface area (Å²) in [6.07, 6.45) is 4.52. The molecular weight excluding hydrogens is 516 g/mol. The molecule has 0 unspecified atom stereocenters. The van der Waals surface area contributed by atoms with Gasteiger partial charge in [0.1, 0.15) is 7.05 Å². The van der Waals surface area contributed by atoms with Gasteiger partial charge in [0.15, 0.2) is 6.20 Å². The predicted molar refractivity (Wildman–Crippen MR) is 174 cm³/mol. The molecule has 2 nitrogen and oxygen atoms in total. The molecule has 0 N–H and O–H groups in total. The van der Waals surface area contributed by atoms with E-state index in [1.807, 2.05) is 17.4 Å². The zero-order chi connectivity index (χ0) is 28.7. The molecule has 0 saturated heterocycles. The highest BCUT2D eigenvalue weighted by atomic mass is 32.1. The van der Waals surface area contributed by atoms with Gasteiger partial charge in [0.25, 0.3) is 0 Å². The molecule has 0 aliphatic heterocycles. The lowest BCUT2D eigenvalue weighted by Gasteiger charge is -2.42. The lowest BCUT2D eigenvalue weighted by Crippen LogP contribution is -2.33. The second kappa shape index (κ2) is 9.00. The first-order chi connectivity index (χ1) is 19.6. The Hall–Kier alpha value is -4.00. The van der Waals surface area contributed by atoms with Gasteiger partial charge in [0.05, 0.1) is 22.6 Å². The molecule has 2 aromatic heterocycles. The van der Waals surface area contributed by atoms with Crippen molar-refractivity contribution in [3.63, 3.8) is 0 Å². The Morgan fingerprint density at radius 1 is 0.756 bits per heavy atom. The number of nitriles is 1. The van der Waals surface area contributed by atoms with E-state index < -0.39 is 0 Å². The first-order valence-corrected chi connectivity index (χ1v) is 15.3. The van der Waals surface area contributed by atoms with E-state index in [2.05, 4.69) is 125 Å². The van der Waals surface area contributed by atoms with Crippen LogP contribution in [0.3, 0.4) is 0 Å². The van der Waals surface area contributed by atoms with Crippen molar-refractivity contribution in [1.82, 2.24) is 0 Å². The highest BCUT2D eigenvalue weighted by Crippen LogP contribution is 2.50. The summed E-state index contributed by atoms with van der Waals surface area (Å²) < 4.78 is 4.73. The summed E-state index contributed by atoms with van der Waals surface area (Å²) >= 11 is 1.84. The minimum absolute atomic E-state index is 0.106. The van der Waals surface area contributed by atoms with E-state index in [1.165, 1.54) is 71.7 Å². The molecule has 1 aliphatic carbocycles. The lowest BCUT2D eigenvalue weighted by molar-refractivity contribution is -0.659. The van der Waals surface area contributed by atoms with E-state index in [1.54, 1.807) is 0 Å². The van der Waals surface area contributed by atoms with Crippen LogP contribution in [0.2, 0.25) is 0 Å². The zero-order valence-corrected chi connectivity index (χ0v) is 25.5. The van der Waals surface area contributed by atoms with Gasteiger partial charge in [-0.15, -0.1) is 11.3 Å². The average molecular weight is 552 g/mol. The summed E-state index contributed by atoms with van der Waals surface area (Å²) in [6.45, 7) is 11.7. The van der Waals surface area contributed by atoms with Gasteiger partial charge in [-0.05, 0) is 70.4 Å². The molecule has 0 radical (unpaired) electrons. The van der Waals surface area contributed by atoms with Crippen LogP contribution in [0, 0.1) is 18.3 Å². The summed E-state index contributed by atoms with van der Waals surface area (Å²) in [5, 5.41) is 15.3. The van der Waals surface area contributed by atoms with Crippen molar-refractivity contribution in [1.29, 1.82) is 5.26 Å². The molecule has 0 spiro atoms. The second-order valence-corrected chi connectivity index (χ2v) is 14.1. The van der Waals surface area contributed by atoms with Crippen molar-refractivity contribution in [3.05, 3.63) is 101 Å². The molecule has 0 bridgehead atoms. The Labute approximate surface area is 246 Å². The Balaban J connectivity index is 1.56. The molecule has 0 saturated carbocycles. The van der Waals surface area contributed by atoms with Crippen LogP contribution >= 0.6 is 11.3 Å². The van der Waals surface area contributed by atoms with Gasteiger partial charge >= 0.3 is 0 Å². The van der Waals surface area contributed by atoms with Crippen molar-refractivity contribution < 1.29 is 4.57 Å². The molecule has 1 aliphatic rings. The SMILES string of the molecule is Cc1ccc2c(sc3c(-c4ccc5c(c4)C(C)(C)CCC5(C)C)c(C#N)ccc32)c1-c1c2ccccc2cc[n+]1C. The van der Waals surface area contributed by atoms with Gasteiger partial charge in [0, 0.05) is 31.8 Å². The number of thiophene rings is 1. The molecule has 0 fully saturated rings. The third-order valence-corrected chi connectivity index (χ3v) is 10.8. The van der Waals surface area contributed by atoms with E-state index in [0.29, 0.717) is 0 Å². The maximum atomic E-state index is 10.3. The lowest BCUT2D eigenvalue weighted by atomic mass is 9.63. The van der Waals surface area contributed by atoms with Crippen LogP contribution in [0.1, 0.15) is 62.8 Å².